The van der Waals surface area contributed by atoms with Crippen LogP contribution in [0, 0.1) is 6.92 Å². The van der Waals surface area contributed by atoms with Gasteiger partial charge in [0.25, 0.3) is 0 Å². The van der Waals surface area contributed by atoms with Gasteiger partial charge in [-0.15, -0.1) is 0 Å². The van der Waals surface area contributed by atoms with E-state index in [1.54, 1.807) is 24.1 Å². The first-order valence-corrected chi connectivity index (χ1v) is 5.18. The van der Waals surface area contributed by atoms with E-state index in [1.807, 2.05) is 6.92 Å². The summed E-state index contributed by atoms with van der Waals surface area (Å²) in [6.45, 7) is 1.81. The maximum atomic E-state index is 11.8. The minimum Gasteiger partial charge on any atom is -0.342 e. The molecule has 1 N–H and O–H groups in total. The molecule has 16 heavy (non-hydrogen) atoms. The Labute approximate surface area is 97.4 Å². The number of rotatable bonds is 3. The SMILES string of the molecule is Cc1nn(C)c(CC(=O)c2ncc[nH]2)c1Cl. The number of imidazole rings is 1. The predicted octanol–water partition coefficient (Wildman–Crippen LogP) is 1.53. The van der Waals surface area contributed by atoms with Crippen molar-refractivity contribution in [2.75, 3.05) is 0 Å². The summed E-state index contributed by atoms with van der Waals surface area (Å²) in [5.74, 6) is 0.241. The lowest BCUT2D eigenvalue weighted by atomic mass is 10.2. The normalized spacial score (nSPS) is 10.7. The van der Waals surface area contributed by atoms with E-state index in [4.69, 9.17) is 11.6 Å². The van der Waals surface area contributed by atoms with Crippen molar-refractivity contribution in [1.29, 1.82) is 0 Å². The number of carbonyl (C=O) groups excluding carboxylic acids is 1. The molecule has 5 nitrogen and oxygen atoms in total. The highest BCUT2D eigenvalue weighted by atomic mass is 35.5. The van der Waals surface area contributed by atoms with Gasteiger partial charge in [0.1, 0.15) is 0 Å². The molecule has 0 spiro atoms. The molecule has 0 aliphatic carbocycles. The monoisotopic (exact) mass is 238 g/mol. The van der Waals surface area contributed by atoms with Crippen molar-refractivity contribution in [3.05, 3.63) is 34.6 Å². The summed E-state index contributed by atoms with van der Waals surface area (Å²) >= 11 is 6.05. The summed E-state index contributed by atoms with van der Waals surface area (Å²) in [7, 11) is 1.77. The molecule has 0 aromatic carbocycles. The predicted molar refractivity (Wildman–Crippen MR) is 59.6 cm³/mol. The number of halogens is 1. The highest BCUT2D eigenvalue weighted by Crippen LogP contribution is 2.20. The van der Waals surface area contributed by atoms with E-state index in [0.717, 1.165) is 5.69 Å². The van der Waals surface area contributed by atoms with E-state index in [2.05, 4.69) is 15.1 Å². The number of Topliss-reactive ketones (excluding diaryl/α,β-unsaturated/α-hetero) is 1. The molecule has 6 heteroatoms. The highest BCUT2D eigenvalue weighted by Gasteiger charge is 2.16. The van der Waals surface area contributed by atoms with Crippen molar-refractivity contribution in [3.63, 3.8) is 0 Å². The molecule has 0 aliphatic heterocycles. The Bertz CT molecular complexity index is 515. The number of ketones is 1. The molecular weight excluding hydrogens is 228 g/mol. The number of aromatic amines is 1. The molecule has 0 amide bonds. The van der Waals surface area contributed by atoms with Crippen LogP contribution in [0.1, 0.15) is 22.0 Å². The van der Waals surface area contributed by atoms with Gasteiger partial charge in [0.15, 0.2) is 5.82 Å². The van der Waals surface area contributed by atoms with Crippen molar-refractivity contribution in [2.45, 2.75) is 13.3 Å². The Balaban J connectivity index is 2.25. The van der Waals surface area contributed by atoms with Gasteiger partial charge in [0.2, 0.25) is 5.78 Å². The van der Waals surface area contributed by atoms with Crippen molar-refractivity contribution < 1.29 is 4.79 Å². The second-order valence-corrected chi connectivity index (χ2v) is 3.89. The number of nitrogens with zero attached hydrogens (tertiary/aromatic N) is 3. The number of hydrogen-bond donors (Lipinski definition) is 1. The molecule has 2 aromatic rings. The molecule has 0 radical (unpaired) electrons. The standard InChI is InChI=1S/C10H11ClN4O/c1-6-9(11)7(15(2)14-6)5-8(16)10-12-3-4-13-10/h3-4H,5H2,1-2H3,(H,12,13). The smallest absolute Gasteiger partial charge is 0.204 e. The minimum atomic E-state index is -0.102. The lowest BCUT2D eigenvalue weighted by Gasteiger charge is -2.00. The molecule has 0 saturated carbocycles. The summed E-state index contributed by atoms with van der Waals surface area (Å²) in [5, 5.41) is 4.69. The van der Waals surface area contributed by atoms with Crippen LogP contribution in [0.3, 0.4) is 0 Å². The lowest BCUT2D eigenvalue weighted by Crippen LogP contribution is -2.09. The maximum Gasteiger partial charge on any atom is 0.204 e. The van der Waals surface area contributed by atoms with Gasteiger partial charge in [-0.2, -0.15) is 5.10 Å². The van der Waals surface area contributed by atoms with Crippen LogP contribution in [0.2, 0.25) is 5.02 Å². The van der Waals surface area contributed by atoms with Crippen LogP contribution in [0.4, 0.5) is 0 Å². The summed E-state index contributed by atoms with van der Waals surface area (Å²) < 4.78 is 1.62. The van der Waals surface area contributed by atoms with Crippen LogP contribution in [-0.4, -0.2) is 25.5 Å². The molecule has 84 valence electrons. The summed E-state index contributed by atoms with van der Waals surface area (Å²) in [6, 6.07) is 0. The first kappa shape index (κ1) is 10.9. The van der Waals surface area contributed by atoms with E-state index >= 15 is 0 Å². The molecule has 0 saturated heterocycles. The molecular formula is C10H11ClN4O. The fourth-order valence-corrected chi connectivity index (χ4v) is 1.75. The van der Waals surface area contributed by atoms with Crippen LogP contribution >= 0.6 is 11.6 Å². The summed E-state index contributed by atoms with van der Waals surface area (Å²) in [4.78, 5) is 18.5. The number of H-pyrrole nitrogens is 1. The van der Waals surface area contributed by atoms with E-state index in [9.17, 15) is 4.79 Å². The van der Waals surface area contributed by atoms with Crippen LogP contribution in [0.5, 0.6) is 0 Å². The summed E-state index contributed by atoms with van der Waals surface area (Å²) in [6.07, 6.45) is 3.36. The van der Waals surface area contributed by atoms with Gasteiger partial charge in [0.05, 0.1) is 22.8 Å². The first-order valence-electron chi connectivity index (χ1n) is 4.80. The molecule has 0 aliphatic rings. The van der Waals surface area contributed by atoms with Crippen LogP contribution in [0.15, 0.2) is 12.4 Å². The van der Waals surface area contributed by atoms with E-state index in [1.165, 1.54) is 0 Å². The van der Waals surface area contributed by atoms with Crippen molar-refractivity contribution in [2.24, 2.45) is 7.05 Å². The largest absolute Gasteiger partial charge is 0.342 e. The van der Waals surface area contributed by atoms with E-state index < -0.39 is 0 Å². The van der Waals surface area contributed by atoms with Gasteiger partial charge in [-0.25, -0.2) is 4.98 Å². The third-order valence-electron chi connectivity index (χ3n) is 2.35. The molecule has 0 atom stereocenters. The fraction of sp³-hybridized carbons (Fsp3) is 0.300. The molecule has 0 unspecified atom stereocenters. The Morgan fingerprint density at radius 3 is 2.88 bits per heavy atom. The zero-order chi connectivity index (χ0) is 11.7. The Morgan fingerprint density at radius 1 is 1.62 bits per heavy atom. The number of aromatic nitrogens is 4. The molecule has 2 heterocycles. The third kappa shape index (κ3) is 1.86. The third-order valence-corrected chi connectivity index (χ3v) is 2.84. The molecule has 0 fully saturated rings. The van der Waals surface area contributed by atoms with Crippen molar-refractivity contribution >= 4 is 17.4 Å². The first-order chi connectivity index (χ1) is 7.59. The fourth-order valence-electron chi connectivity index (χ4n) is 1.53. The number of aryl methyl sites for hydroxylation is 2. The number of nitrogens with one attached hydrogen (secondary N) is 1. The average Bonchev–Trinajstić information content (AvgIpc) is 2.83. The van der Waals surface area contributed by atoms with Crippen LogP contribution in [0.25, 0.3) is 0 Å². The van der Waals surface area contributed by atoms with Gasteiger partial charge >= 0.3 is 0 Å². The van der Waals surface area contributed by atoms with Crippen molar-refractivity contribution in [1.82, 2.24) is 19.7 Å². The van der Waals surface area contributed by atoms with E-state index in [-0.39, 0.29) is 12.2 Å². The Kier molecular flexibility index (Phi) is 2.78. The summed E-state index contributed by atoms with van der Waals surface area (Å²) in [5.41, 5.74) is 1.44. The van der Waals surface area contributed by atoms with Gasteiger partial charge < -0.3 is 4.98 Å². The zero-order valence-corrected chi connectivity index (χ0v) is 9.75. The average molecular weight is 239 g/mol. The quantitative estimate of drug-likeness (QED) is 0.825. The van der Waals surface area contributed by atoms with E-state index in [0.29, 0.717) is 16.5 Å². The molecule has 2 aromatic heterocycles. The topological polar surface area (TPSA) is 63.6 Å². The minimum absolute atomic E-state index is 0.102. The second kappa shape index (κ2) is 4.09. The van der Waals surface area contributed by atoms with Gasteiger partial charge in [-0.1, -0.05) is 11.6 Å². The Hall–Kier alpha value is -1.62. The highest BCUT2D eigenvalue weighted by molar-refractivity contribution is 6.32. The van der Waals surface area contributed by atoms with Gasteiger partial charge in [0, 0.05) is 19.4 Å². The lowest BCUT2D eigenvalue weighted by molar-refractivity contribution is 0.0982. The van der Waals surface area contributed by atoms with Crippen molar-refractivity contribution in [3.8, 4) is 0 Å². The maximum absolute atomic E-state index is 11.8. The van der Waals surface area contributed by atoms with Gasteiger partial charge in [-0.3, -0.25) is 9.48 Å². The zero-order valence-electron chi connectivity index (χ0n) is 8.99. The Morgan fingerprint density at radius 2 is 2.38 bits per heavy atom. The molecule has 2 rings (SSSR count). The van der Waals surface area contributed by atoms with Gasteiger partial charge in [-0.05, 0) is 6.92 Å². The number of hydrogen-bond acceptors (Lipinski definition) is 3. The second-order valence-electron chi connectivity index (χ2n) is 3.51. The van der Waals surface area contributed by atoms with Crippen LogP contribution in [-0.2, 0) is 13.5 Å². The number of carbonyl (C=O) groups is 1. The van der Waals surface area contributed by atoms with Crippen LogP contribution < -0.4 is 0 Å². The molecule has 0 bridgehead atoms.